The Labute approximate surface area is 70.6 Å². The first-order valence-corrected chi connectivity index (χ1v) is 3.65. The van der Waals surface area contributed by atoms with Gasteiger partial charge in [-0.2, -0.15) is 0 Å². The van der Waals surface area contributed by atoms with Crippen molar-refractivity contribution in [2.45, 2.75) is 13.2 Å². The van der Waals surface area contributed by atoms with E-state index in [1.165, 1.54) is 6.07 Å². The molecule has 0 amide bonds. The SMILES string of the molecule is COCc1ccc(CO)c(F)c1. The zero-order chi connectivity index (χ0) is 8.97. The fourth-order valence-electron chi connectivity index (χ4n) is 0.975. The lowest BCUT2D eigenvalue weighted by Crippen LogP contribution is -1.93. The standard InChI is InChI=1S/C9H11FO2/c1-12-6-7-2-3-8(5-11)9(10)4-7/h2-4,11H,5-6H2,1H3. The molecule has 0 saturated heterocycles. The molecular weight excluding hydrogens is 159 g/mol. The highest BCUT2D eigenvalue weighted by Gasteiger charge is 2.01. The van der Waals surface area contributed by atoms with Crippen molar-refractivity contribution in [1.29, 1.82) is 0 Å². The zero-order valence-electron chi connectivity index (χ0n) is 6.88. The van der Waals surface area contributed by atoms with E-state index in [4.69, 9.17) is 9.84 Å². The van der Waals surface area contributed by atoms with Crippen molar-refractivity contribution >= 4 is 0 Å². The van der Waals surface area contributed by atoms with Crippen molar-refractivity contribution < 1.29 is 14.2 Å². The van der Waals surface area contributed by atoms with Gasteiger partial charge in [-0.3, -0.25) is 0 Å². The van der Waals surface area contributed by atoms with Gasteiger partial charge in [0.1, 0.15) is 5.82 Å². The van der Waals surface area contributed by atoms with Gasteiger partial charge in [0.2, 0.25) is 0 Å². The number of aliphatic hydroxyl groups excluding tert-OH is 1. The van der Waals surface area contributed by atoms with E-state index >= 15 is 0 Å². The van der Waals surface area contributed by atoms with E-state index in [1.54, 1.807) is 19.2 Å². The molecule has 0 atom stereocenters. The highest BCUT2D eigenvalue weighted by molar-refractivity contribution is 5.23. The molecule has 0 unspecified atom stereocenters. The van der Waals surface area contributed by atoms with Gasteiger partial charge >= 0.3 is 0 Å². The second-order valence-corrected chi connectivity index (χ2v) is 2.52. The van der Waals surface area contributed by atoms with Crippen molar-refractivity contribution in [3.05, 3.63) is 35.1 Å². The number of hydrogen-bond acceptors (Lipinski definition) is 2. The molecule has 0 aliphatic rings. The fourth-order valence-corrected chi connectivity index (χ4v) is 0.975. The van der Waals surface area contributed by atoms with Gasteiger partial charge in [-0.25, -0.2) is 4.39 Å². The molecule has 0 saturated carbocycles. The van der Waals surface area contributed by atoms with E-state index in [1.807, 2.05) is 0 Å². The van der Waals surface area contributed by atoms with Crippen LogP contribution in [0.1, 0.15) is 11.1 Å². The van der Waals surface area contributed by atoms with Crippen LogP contribution in [0.5, 0.6) is 0 Å². The fraction of sp³-hybridized carbons (Fsp3) is 0.333. The van der Waals surface area contributed by atoms with E-state index in [-0.39, 0.29) is 12.4 Å². The Kier molecular flexibility index (Phi) is 3.19. The van der Waals surface area contributed by atoms with Crippen molar-refractivity contribution in [3.8, 4) is 0 Å². The van der Waals surface area contributed by atoms with Gasteiger partial charge in [0, 0.05) is 12.7 Å². The lowest BCUT2D eigenvalue weighted by Gasteiger charge is -2.02. The molecule has 0 aromatic heterocycles. The maximum atomic E-state index is 13.0. The minimum Gasteiger partial charge on any atom is -0.392 e. The number of hydrogen-bond donors (Lipinski definition) is 1. The monoisotopic (exact) mass is 170 g/mol. The molecular formula is C9H11FO2. The molecule has 1 aromatic rings. The van der Waals surface area contributed by atoms with Gasteiger partial charge in [0.15, 0.2) is 0 Å². The van der Waals surface area contributed by atoms with E-state index < -0.39 is 0 Å². The quantitative estimate of drug-likeness (QED) is 0.744. The Bertz CT molecular complexity index is 261. The molecule has 0 radical (unpaired) electrons. The Morgan fingerprint density at radius 3 is 2.75 bits per heavy atom. The normalized spacial score (nSPS) is 10.2. The van der Waals surface area contributed by atoms with Gasteiger partial charge in [-0.15, -0.1) is 0 Å². The number of rotatable bonds is 3. The average molecular weight is 170 g/mol. The minimum atomic E-state index is -0.382. The van der Waals surface area contributed by atoms with Crippen LogP contribution in [0.15, 0.2) is 18.2 Å². The predicted octanol–water partition coefficient (Wildman–Crippen LogP) is 1.46. The molecule has 0 bridgehead atoms. The molecule has 0 aliphatic heterocycles. The van der Waals surface area contributed by atoms with Crippen LogP contribution < -0.4 is 0 Å². The summed E-state index contributed by atoms with van der Waals surface area (Å²) in [7, 11) is 1.55. The first kappa shape index (κ1) is 9.16. The maximum absolute atomic E-state index is 13.0. The summed E-state index contributed by atoms with van der Waals surface area (Å²) in [6.45, 7) is 0.127. The van der Waals surface area contributed by atoms with E-state index in [0.29, 0.717) is 12.2 Å². The third-order valence-electron chi connectivity index (χ3n) is 1.60. The summed E-state index contributed by atoms with van der Waals surface area (Å²) in [5.74, 6) is -0.382. The van der Waals surface area contributed by atoms with Crippen molar-refractivity contribution in [3.63, 3.8) is 0 Å². The van der Waals surface area contributed by atoms with Crippen molar-refractivity contribution in [2.24, 2.45) is 0 Å². The zero-order valence-corrected chi connectivity index (χ0v) is 6.88. The number of aliphatic hydroxyl groups is 1. The van der Waals surface area contributed by atoms with E-state index in [0.717, 1.165) is 5.56 Å². The Morgan fingerprint density at radius 2 is 2.25 bits per heavy atom. The summed E-state index contributed by atoms with van der Waals surface area (Å²) in [4.78, 5) is 0. The maximum Gasteiger partial charge on any atom is 0.129 e. The molecule has 1 rings (SSSR count). The first-order chi connectivity index (χ1) is 5.77. The van der Waals surface area contributed by atoms with Gasteiger partial charge < -0.3 is 9.84 Å². The van der Waals surface area contributed by atoms with Crippen molar-refractivity contribution in [2.75, 3.05) is 7.11 Å². The van der Waals surface area contributed by atoms with E-state index in [9.17, 15) is 4.39 Å². The van der Waals surface area contributed by atoms with Crippen LogP contribution in [0.3, 0.4) is 0 Å². The number of methoxy groups -OCH3 is 1. The molecule has 2 nitrogen and oxygen atoms in total. The summed E-state index contributed by atoms with van der Waals surface area (Å²) >= 11 is 0. The second kappa shape index (κ2) is 4.18. The van der Waals surface area contributed by atoms with Crippen LogP contribution in [-0.2, 0) is 18.0 Å². The third kappa shape index (κ3) is 2.03. The highest BCUT2D eigenvalue weighted by atomic mass is 19.1. The van der Waals surface area contributed by atoms with Gasteiger partial charge in [-0.1, -0.05) is 12.1 Å². The van der Waals surface area contributed by atoms with Crippen LogP contribution in [0.25, 0.3) is 0 Å². The summed E-state index contributed by atoms with van der Waals surface area (Å²) in [6, 6.07) is 4.66. The van der Waals surface area contributed by atoms with Crippen LogP contribution in [0.2, 0.25) is 0 Å². The molecule has 0 spiro atoms. The minimum absolute atomic E-state index is 0.265. The summed E-state index contributed by atoms with van der Waals surface area (Å²) in [6.07, 6.45) is 0. The Hall–Kier alpha value is -0.930. The lowest BCUT2D eigenvalue weighted by atomic mass is 10.1. The first-order valence-electron chi connectivity index (χ1n) is 3.65. The molecule has 0 aliphatic carbocycles. The van der Waals surface area contributed by atoms with Crippen LogP contribution in [0.4, 0.5) is 4.39 Å². The van der Waals surface area contributed by atoms with Gasteiger partial charge in [0.25, 0.3) is 0 Å². The Balaban J connectivity index is 2.86. The number of benzene rings is 1. The summed E-state index contributed by atoms with van der Waals surface area (Å²) in [5.41, 5.74) is 1.09. The van der Waals surface area contributed by atoms with Crippen LogP contribution in [-0.4, -0.2) is 12.2 Å². The highest BCUT2D eigenvalue weighted by Crippen LogP contribution is 2.10. The molecule has 0 heterocycles. The van der Waals surface area contributed by atoms with Crippen LogP contribution in [0, 0.1) is 5.82 Å². The van der Waals surface area contributed by atoms with E-state index in [2.05, 4.69) is 0 Å². The molecule has 1 N–H and O–H groups in total. The third-order valence-corrected chi connectivity index (χ3v) is 1.60. The summed E-state index contributed by atoms with van der Waals surface area (Å²) in [5, 5.41) is 8.67. The van der Waals surface area contributed by atoms with Gasteiger partial charge in [-0.05, 0) is 11.6 Å². The molecule has 12 heavy (non-hydrogen) atoms. The Morgan fingerprint density at radius 1 is 1.50 bits per heavy atom. The molecule has 0 fully saturated rings. The lowest BCUT2D eigenvalue weighted by molar-refractivity contribution is 0.184. The molecule has 1 aromatic carbocycles. The summed E-state index contributed by atoms with van der Waals surface area (Å²) < 4.78 is 17.8. The molecule has 3 heteroatoms. The van der Waals surface area contributed by atoms with Gasteiger partial charge in [0.05, 0.1) is 13.2 Å². The largest absolute Gasteiger partial charge is 0.392 e. The number of ether oxygens (including phenoxy) is 1. The topological polar surface area (TPSA) is 29.5 Å². The second-order valence-electron chi connectivity index (χ2n) is 2.52. The smallest absolute Gasteiger partial charge is 0.129 e. The molecule has 66 valence electrons. The average Bonchev–Trinajstić information content (AvgIpc) is 2.05. The van der Waals surface area contributed by atoms with Crippen molar-refractivity contribution in [1.82, 2.24) is 0 Å². The predicted molar refractivity (Wildman–Crippen MR) is 43.0 cm³/mol. The number of halogens is 1. The van der Waals surface area contributed by atoms with Crippen LogP contribution >= 0.6 is 0 Å².